The van der Waals surface area contributed by atoms with Gasteiger partial charge in [-0.15, -0.1) is 0 Å². The summed E-state index contributed by atoms with van der Waals surface area (Å²) >= 11 is 0. The Morgan fingerprint density at radius 3 is 2.78 bits per heavy atom. The molecule has 138 valence electrons. The van der Waals surface area contributed by atoms with Crippen LogP contribution in [0.5, 0.6) is 0 Å². The normalized spacial score (nSPS) is 20.1. The van der Waals surface area contributed by atoms with Gasteiger partial charge in [0.15, 0.2) is 0 Å². The van der Waals surface area contributed by atoms with Crippen LogP contribution in [0.3, 0.4) is 0 Å². The Hall–Kier alpha value is -2.83. The minimum absolute atomic E-state index is 0.143. The van der Waals surface area contributed by atoms with Crippen molar-refractivity contribution in [2.75, 3.05) is 0 Å². The topological polar surface area (TPSA) is 95.3 Å². The van der Waals surface area contributed by atoms with E-state index >= 15 is 0 Å². The van der Waals surface area contributed by atoms with Gasteiger partial charge in [-0.2, -0.15) is 0 Å². The first-order chi connectivity index (χ1) is 13.1. The van der Waals surface area contributed by atoms with Gasteiger partial charge in [-0.25, -0.2) is 0 Å². The summed E-state index contributed by atoms with van der Waals surface area (Å²) < 4.78 is 0. The quantitative estimate of drug-likeness (QED) is 0.647. The molecule has 0 bridgehead atoms. The molecule has 1 atom stereocenters. The van der Waals surface area contributed by atoms with E-state index in [1.54, 1.807) is 18.3 Å². The molecule has 1 aromatic carbocycles. The zero-order chi connectivity index (χ0) is 18.8. The third kappa shape index (κ3) is 3.67. The van der Waals surface area contributed by atoms with Crippen LogP contribution in [0.1, 0.15) is 40.5 Å². The third-order valence-corrected chi connectivity index (χ3v) is 5.12. The van der Waals surface area contributed by atoms with Gasteiger partial charge in [0.25, 0.3) is 5.91 Å². The van der Waals surface area contributed by atoms with Gasteiger partial charge in [0.1, 0.15) is 5.69 Å². The number of carbonyl (C=O) groups excluding carboxylic acids is 1. The van der Waals surface area contributed by atoms with E-state index < -0.39 is 0 Å². The van der Waals surface area contributed by atoms with E-state index in [2.05, 4.69) is 15.3 Å². The Labute approximate surface area is 156 Å². The maximum absolute atomic E-state index is 12.7. The number of aromatic nitrogens is 2. The van der Waals surface area contributed by atoms with Crippen LogP contribution in [-0.2, 0) is 6.61 Å². The van der Waals surface area contributed by atoms with Crippen molar-refractivity contribution in [1.82, 2.24) is 15.3 Å². The molecular formula is C21H21N3O3. The van der Waals surface area contributed by atoms with Crippen molar-refractivity contribution < 1.29 is 15.0 Å². The summed E-state index contributed by atoms with van der Waals surface area (Å²) in [5.41, 5.74) is 2.72. The molecule has 0 saturated heterocycles. The number of hydrogen-bond acceptors (Lipinski definition) is 5. The molecule has 1 saturated carbocycles. The predicted molar refractivity (Wildman–Crippen MR) is 101 cm³/mol. The van der Waals surface area contributed by atoms with E-state index in [4.69, 9.17) is 0 Å². The van der Waals surface area contributed by atoms with Crippen molar-refractivity contribution in [2.45, 2.75) is 31.6 Å². The summed E-state index contributed by atoms with van der Waals surface area (Å²) in [7, 11) is 0. The molecule has 2 heterocycles. The molecule has 27 heavy (non-hydrogen) atoms. The van der Waals surface area contributed by atoms with Gasteiger partial charge in [-0.05, 0) is 54.2 Å². The number of amides is 1. The number of rotatable bonds is 5. The van der Waals surface area contributed by atoms with Gasteiger partial charge < -0.3 is 15.5 Å². The van der Waals surface area contributed by atoms with Crippen molar-refractivity contribution >= 4 is 16.8 Å². The number of pyridine rings is 2. The van der Waals surface area contributed by atoms with Gasteiger partial charge in [-0.3, -0.25) is 14.8 Å². The Bertz CT molecular complexity index is 970. The molecule has 0 unspecified atom stereocenters. The molecule has 0 radical (unpaired) electrons. The molecule has 4 rings (SSSR count). The van der Waals surface area contributed by atoms with Crippen molar-refractivity contribution in [1.29, 1.82) is 0 Å². The SMILES string of the molecule is O=C(N[C@H](c1cnc2ccccc2c1)C1CC(O)C1)c1cc(CO)ccn1. The molecular weight excluding hydrogens is 342 g/mol. The average Bonchev–Trinajstić information content (AvgIpc) is 2.69. The van der Waals surface area contributed by atoms with Crippen LogP contribution < -0.4 is 5.32 Å². The number of fused-ring (bicyclic) bond motifs is 1. The number of aliphatic hydroxyl groups excluding tert-OH is 2. The number of hydrogen-bond donors (Lipinski definition) is 3. The first-order valence-electron chi connectivity index (χ1n) is 9.03. The first kappa shape index (κ1) is 17.6. The maximum atomic E-state index is 12.7. The lowest BCUT2D eigenvalue weighted by atomic mass is 9.75. The van der Waals surface area contributed by atoms with Gasteiger partial charge >= 0.3 is 0 Å². The second-order valence-corrected chi connectivity index (χ2v) is 7.01. The van der Waals surface area contributed by atoms with E-state index in [0.29, 0.717) is 18.4 Å². The molecule has 1 amide bonds. The minimum Gasteiger partial charge on any atom is -0.393 e. The van der Waals surface area contributed by atoms with Crippen molar-refractivity contribution in [2.24, 2.45) is 5.92 Å². The van der Waals surface area contributed by atoms with Crippen LogP contribution in [0.15, 0.2) is 54.9 Å². The third-order valence-electron chi connectivity index (χ3n) is 5.12. The van der Waals surface area contributed by atoms with E-state index in [1.807, 2.05) is 30.3 Å². The summed E-state index contributed by atoms with van der Waals surface area (Å²) in [6.07, 6.45) is 4.26. The molecule has 3 aromatic rings. The number of para-hydroxylation sites is 1. The Morgan fingerprint density at radius 1 is 1.19 bits per heavy atom. The Morgan fingerprint density at radius 2 is 2.00 bits per heavy atom. The fourth-order valence-electron chi connectivity index (χ4n) is 3.55. The number of nitrogens with zero attached hydrogens (tertiary/aromatic N) is 2. The molecule has 1 aliphatic rings. The minimum atomic E-state index is -0.321. The van der Waals surface area contributed by atoms with E-state index in [9.17, 15) is 15.0 Å². The van der Waals surface area contributed by atoms with Crippen LogP contribution in [0.4, 0.5) is 0 Å². The lowest BCUT2D eigenvalue weighted by Crippen LogP contribution is -2.41. The molecule has 3 N–H and O–H groups in total. The largest absolute Gasteiger partial charge is 0.393 e. The van der Waals surface area contributed by atoms with E-state index in [-0.39, 0.29) is 36.3 Å². The molecule has 2 aromatic heterocycles. The standard InChI is InChI=1S/C21H21N3O3/c25-12-13-5-6-22-19(7-13)21(27)24-20(15-9-17(26)10-15)16-8-14-3-1-2-4-18(14)23-11-16/h1-8,11,15,17,20,25-26H,9-10,12H2,(H,24,27)/t15?,17?,20-/m0/s1. The molecule has 6 heteroatoms. The summed E-state index contributed by atoms with van der Waals surface area (Å²) in [6.45, 7) is -0.143. The highest BCUT2D eigenvalue weighted by Gasteiger charge is 2.36. The predicted octanol–water partition coefficient (Wildman–Crippen LogP) is 2.36. The molecule has 6 nitrogen and oxygen atoms in total. The van der Waals surface area contributed by atoms with Crippen molar-refractivity contribution in [3.63, 3.8) is 0 Å². The fraction of sp³-hybridized carbons (Fsp3) is 0.286. The zero-order valence-electron chi connectivity index (χ0n) is 14.7. The highest BCUT2D eigenvalue weighted by Crippen LogP contribution is 2.38. The lowest BCUT2D eigenvalue weighted by molar-refractivity contribution is 0.0234. The van der Waals surface area contributed by atoms with Crippen molar-refractivity contribution in [3.8, 4) is 0 Å². The number of nitrogens with one attached hydrogen (secondary N) is 1. The Balaban J connectivity index is 1.63. The van der Waals surface area contributed by atoms with Crippen LogP contribution in [0.25, 0.3) is 10.9 Å². The van der Waals surface area contributed by atoms with Gasteiger partial charge in [0.05, 0.1) is 24.3 Å². The summed E-state index contributed by atoms with van der Waals surface area (Å²) in [5, 5.41) is 23.1. The smallest absolute Gasteiger partial charge is 0.270 e. The molecule has 1 aliphatic carbocycles. The monoisotopic (exact) mass is 363 g/mol. The second-order valence-electron chi connectivity index (χ2n) is 7.01. The van der Waals surface area contributed by atoms with Crippen molar-refractivity contribution in [3.05, 3.63) is 71.7 Å². The average molecular weight is 363 g/mol. The van der Waals surface area contributed by atoms with E-state index in [1.165, 1.54) is 6.20 Å². The van der Waals surface area contributed by atoms with Crippen LogP contribution in [0, 0.1) is 5.92 Å². The van der Waals surface area contributed by atoms with Gasteiger partial charge in [-0.1, -0.05) is 18.2 Å². The number of carbonyl (C=O) groups is 1. The van der Waals surface area contributed by atoms with Crippen LogP contribution in [-0.4, -0.2) is 32.2 Å². The maximum Gasteiger partial charge on any atom is 0.270 e. The van der Waals surface area contributed by atoms with Gasteiger partial charge in [0, 0.05) is 17.8 Å². The summed E-state index contributed by atoms with van der Waals surface area (Å²) in [5.74, 6) is -0.155. The Kier molecular flexibility index (Phi) is 4.83. The first-order valence-corrected chi connectivity index (χ1v) is 9.03. The van der Waals surface area contributed by atoms with Crippen LogP contribution in [0.2, 0.25) is 0 Å². The second kappa shape index (κ2) is 7.42. The highest BCUT2D eigenvalue weighted by atomic mass is 16.3. The fourth-order valence-corrected chi connectivity index (χ4v) is 3.55. The van der Waals surface area contributed by atoms with E-state index in [0.717, 1.165) is 16.5 Å². The lowest BCUT2D eigenvalue weighted by Gasteiger charge is -2.38. The summed E-state index contributed by atoms with van der Waals surface area (Å²) in [6, 6.07) is 12.9. The van der Waals surface area contributed by atoms with Gasteiger partial charge in [0.2, 0.25) is 0 Å². The number of benzene rings is 1. The highest BCUT2D eigenvalue weighted by molar-refractivity contribution is 5.92. The summed E-state index contributed by atoms with van der Waals surface area (Å²) in [4.78, 5) is 21.4. The molecule has 0 spiro atoms. The number of aliphatic hydroxyl groups is 2. The molecule has 1 fully saturated rings. The zero-order valence-corrected chi connectivity index (χ0v) is 14.7. The van der Waals surface area contributed by atoms with Crippen LogP contribution >= 0.6 is 0 Å². The molecule has 0 aliphatic heterocycles.